The Morgan fingerprint density at radius 2 is 1.93 bits per heavy atom. The van der Waals surface area contributed by atoms with Gasteiger partial charge in [-0.15, -0.1) is 0 Å². The molecule has 1 amide bonds. The van der Waals surface area contributed by atoms with Gasteiger partial charge in [-0.1, -0.05) is 46.9 Å². The summed E-state index contributed by atoms with van der Waals surface area (Å²) in [5.41, 5.74) is 1.17. The molecule has 3 rings (SSSR count). The lowest BCUT2D eigenvalue weighted by Gasteiger charge is -2.12. The summed E-state index contributed by atoms with van der Waals surface area (Å²) in [6.07, 6.45) is 3.39. The monoisotopic (exact) mass is 422 g/mol. The lowest BCUT2D eigenvalue weighted by Crippen LogP contribution is -2.13. The van der Waals surface area contributed by atoms with Crippen LogP contribution in [0.25, 0.3) is 0 Å². The van der Waals surface area contributed by atoms with Crippen LogP contribution in [0, 0.1) is 0 Å². The first-order chi connectivity index (χ1) is 13.0. The molecule has 1 heterocycles. The second-order valence-electron chi connectivity index (χ2n) is 5.51. The van der Waals surface area contributed by atoms with Crippen molar-refractivity contribution in [2.75, 3.05) is 5.32 Å². The molecule has 0 aliphatic heterocycles. The van der Waals surface area contributed by atoms with Crippen LogP contribution in [0.4, 0.5) is 5.69 Å². The van der Waals surface area contributed by atoms with E-state index in [0.717, 1.165) is 5.56 Å². The van der Waals surface area contributed by atoms with E-state index in [1.807, 2.05) is 12.1 Å². The zero-order valence-corrected chi connectivity index (χ0v) is 16.0. The number of phenols is 1. The van der Waals surface area contributed by atoms with Gasteiger partial charge < -0.3 is 15.2 Å². The van der Waals surface area contributed by atoms with Crippen molar-refractivity contribution in [2.24, 2.45) is 0 Å². The fraction of sp³-hybridized carbons (Fsp3) is 0.0526. The highest BCUT2D eigenvalue weighted by atomic mass is 35.5. The van der Waals surface area contributed by atoms with Gasteiger partial charge in [0, 0.05) is 29.7 Å². The van der Waals surface area contributed by atoms with Crippen LogP contribution in [0.2, 0.25) is 15.1 Å². The molecule has 1 aromatic heterocycles. The van der Waals surface area contributed by atoms with E-state index >= 15 is 0 Å². The molecule has 5 nitrogen and oxygen atoms in total. The predicted octanol–water partition coefficient (Wildman–Crippen LogP) is 5.58. The molecule has 2 aromatic carbocycles. The average molecular weight is 424 g/mol. The minimum Gasteiger partial charge on any atom is -0.505 e. The minimum atomic E-state index is -0.647. The van der Waals surface area contributed by atoms with E-state index in [-0.39, 0.29) is 20.6 Å². The number of rotatable bonds is 5. The van der Waals surface area contributed by atoms with Gasteiger partial charge in [0.15, 0.2) is 0 Å². The number of aromatic hydroxyl groups is 1. The van der Waals surface area contributed by atoms with Crippen molar-refractivity contribution in [1.82, 2.24) is 4.98 Å². The highest BCUT2D eigenvalue weighted by Crippen LogP contribution is 2.38. The van der Waals surface area contributed by atoms with Crippen LogP contribution in [0.5, 0.6) is 11.5 Å². The van der Waals surface area contributed by atoms with Gasteiger partial charge in [-0.3, -0.25) is 9.78 Å². The third-order valence-electron chi connectivity index (χ3n) is 3.59. The molecule has 0 spiro atoms. The van der Waals surface area contributed by atoms with Crippen molar-refractivity contribution in [3.63, 3.8) is 0 Å². The molecule has 27 heavy (non-hydrogen) atoms. The van der Waals surface area contributed by atoms with Gasteiger partial charge in [0.25, 0.3) is 5.91 Å². The first-order valence-corrected chi connectivity index (χ1v) is 8.88. The molecule has 0 atom stereocenters. The second kappa shape index (κ2) is 8.48. The predicted molar refractivity (Wildman–Crippen MR) is 106 cm³/mol. The van der Waals surface area contributed by atoms with E-state index in [1.54, 1.807) is 36.7 Å². The topological polar surface area (TPSA) is 71.5 Å². The smallest absolute Gasteiger partial charge is 0.261 e. The Hall–Kier alpha value is -2.47. The first-order valence-electron chi connectivity index (χ1n) is 7.75. The summed E-state index contributed by atoms with van der Waals surface area (Å²) in [5.74, 6) is -0.532. The third-order valence-corrected chi connectivity index (χ3v) is 4.67. The Kier molecular flexibility index (Phi) is 6.06. The van der Waals surface area contributed by atoms with Crippen molar-refractivity contribution in [3.05, 3.63) is 81.1 Å². The van der Waals surface area contributed by atoms with Crippen LogP contribution in [-0.2, 0) is 6.61 Å². The summed E-state index contributed by atoms with van der Waals surface area (Å²) in [6, 6.07) is 11.8. The van der Waals surface area contributed by atoms with Crippen molar-refractivity contribution in [3.8, 4) is 11.5 Å². The van der Waals surface area contributed by atoms with E-state index in [9.17, 15) is 9.90 Å². The third kappa shape index (κ3) is 4.63. The molecule has 0 unspecified atom stereocenters. The fourth-order valence-electron chi connectivity index (χ4n) is 2.30. The number of benzene rings is 2. The highest BCUT2D eigenvalue weighted by Gasteiger charge is 2.21. The number of nitrogens with zero attached hydrogens (tertiary/aromatic N) is 1. The lowest BCUT2D eigenvalue weighted by atomic mass is 10.1. The zero-order valence-electron chi connectivity index (χ0n) is 13.7. The number of amides is 1. The van der Waals surface area contributed by atoms with Crippen LogP contribution < -0.4 is 10.1 Å². The molecule has 0 saturated carbocycles. The molecule has 0 saturated heterocycles. The van der Waals surface area contributed by atoms with Gasteiger partial charge in [-0.05, 0) is 24.3 Å². The Bertz CT molecular complexity index is 955. The summed E-state index contributed by atoms with van der Waals surface area (Å²) >= 11 is 17.8. The molecular weight excluding hydrogens is 411 g/mol. The number of nitrogens with one attached hydrogen (secondary N) is 1. The number of phenolic OH excluding ortho intramolecular Hbond substituents is 1. The molecule has 0 radical (unpaired) electrons. The van der Waals surface area contributed by atoms with E-state index in [4.69, 9.17) is 39.5 Å². The second-order valence-corrected chi connectivity index (χ2v) is 6.70. The number of aromatic nitrogens is 1. The van der Waals surface area contributed by atoms with E-state index in [2.05, 4.69) is 10.3 Å². The van der Waals surface area contributed by atoms with E-state index < -0.39 is 11.7 Å². The van der Waals surface area contributed by atoms with Crippen molar-refractivity contribution in [1.29, 1.82) is 0 Å². The van der Waals surface area contributed by atoms with Crippen molar-refractivity contribution >= 4 is 46.4 Å². The molecule has 0 aliphatic carbocycles. The quantitative estimate of drug-likeness (QED) is 0.526. The maximum atomic E-state index is 12.5. The Morgan fingerprint density at radius 3 is 2.67 bits per heavy atom. The lowest BCUT2D eigenvalue weighted by molar-refractivity contribution is 0.102. The van der Waals surface area contributed by atoms with Gasteiger partial charge in [0.05, 0.1) is 15.1 Å². The van der Waals surface area contributed by atoms with Crippen LogP contribution in [0.3, 0.4) is 0 Å². The minimum absolute atomic E-state index is 0.0666. The molecule has 0 bridgehead atoms. The van der Waals surface area contributed by atoms with Crippen molar-refractivity contribution in [2.45, 2.75) is 6.61 Å². The number of pyridine rings is 1. The van der Waals surface area contributed by atoms with Gasteiger partial charge in [0.1, 0.15) is 23.7 Å². The molecule has 3 aromatic rings. The van der Waals surface area contributed by atoms with Crippen LogP contribution in [0.15, 0.2) is 54.9 Å². The van der Waals surface area contributed by atoms with Gasteiger partial charge in [-0.2, -0.15) is 0 Å². The molecule has 138 valence electrons. The largest absolute Gasteiger partial charge is 0.505 e. The number of halogens is 3. The first kappa shape index (κ1) is 19.3. The normalized spacial score (nSPS) is 10.5. The Morgan fingerprint density at radius 1 is 1.11 bits per heavy atom. The highest BCUT2D eigenvalue weighted by molar-refractivity contribution is 6.46. The summed E-state index contributed by atoms with van der Waals surface area (Å²) < 4.78 is 5.70. The molecular formula is C19H13Cl3N2O3. The number of carbonyl (C=O) groups excluding carboxylic acids is 1. The Balaban J connectivity index is 1.76. The summed E-state index contributed by atoms with van der Waals surface area (Å²) in [6.45, 7) is 0.335. The van der Waals surface area contributed by atoms with E-state index in [1.165, 1.54) is 6.07 Å². The van der Waals surface area contributed by atoms with Crippen molar-refractivity contribution < 1.29 is 14.6 Å². The Labute approximate surface area is 170 Å². The molecule has 0 aliphatic rings. The van der Waals surface area contributed by atoms with E-state index in [0.29, 0.717) is 18.0 Å². The fourth-order valence-corrected chi connectivity index (χ4v) is 2.99. The number of anilines is 1. The summed E-state index contributed by atoms with van der Waals surface area (Å²) in [7, 11) is 0. The summed E-state index contributed by atoms with van der Waals surface area (Å²) in [5, 5.41) is 12.6. The molecule has 2 N–H and O–H groups in total. The van der Waals surface area contributed by atoms with Gasteiger partial charge in [-0.25, -0.2) is 0 Å². The molecule has 8 heteroatoms. The number of hydrogen-bond donors (Lipinski definition) is 2. The van der Waals surface area contributed by atoms with Crippen LogP contribution >= 0.6 is 34.8 Å². The SMILES string of the molecule is O=C(Nc1cccc(OCc2cccnc2)c1)c1c(O)c(Cl)cc(Cl)c1Cl. The van der Waals surface area contributed by atoms with Crippen LogP contribution in [0.1, 0.15) is 15.9 Å². The van der Waals surface area contributed by atoms with Crippen LogP contribution in [-0.4, -0.2) is 16.0 Å². The van der Waals surface area contributed by atoms with Gasteiger partial charge in [0.2, 0.25) is 0 Å². The maximum Gasteiger partial charge on any atom is 0.261 e. The zero-order chi connectivity index (χ0) is 19.4. The van der Waals surface area contributed by atoms with Gasteiger partial charge >= 0.3 is 0 Å². The molecule has 0 fully saturated rings. The number of carbonyl (C=O) groups is 1. The standard InChI is InChI=1S/C19H13Cl3N2O3/c20-14-8-15(21)18(25)16(17(14)22)19(26)24-12-4-1-5-13(7-12)27-10-11-3-2-6-23-9-11/h1-9,25H,10H2,(H,24,26). The number of ether oxygens (including phenoxy) is 1. The maximum absolute atomic E-state index is 12.5. The average Bonchev–Trinajstić information content (AvgIpc) is 2.66. The number of hydrogen-bond acceptors (Lipinski definition) is 4. The summed E-state index contributed by atoms with van der Waals surface area (Å²) in [4.78, 5) is 16.6.